The molecule has 0 spiro atoms. The minimum Gasteiger partial charge on any atom is -0.383 e. The van der Waals surface area contributed by atoms with Gasteiger partial charge in [-0.3, -0.25) is 0 Å². The largest absolute Gasteiger partial charge is 0.383 e. The first kappa shape index (κ1) is 14.1. The number of methoxy groups -OCH3 is 1. The maximum Gasteiger partial charge on any atom is 0.148 e. The topological polar surface area (TPSA) is 47.0 Å². The highest BCUT2D eigenvalue weighted by Gasteiger charge is 2.08. The maximum atomic E-state index is 4.97. The van der Waals surface area contributed by atoms with Crippen molar-refractivity contribution in [1.29, 1.82) is 0 Å². The Morgan fingerprint density at radius 1 is 1.39 bits per heavy atom. The third-order valence-corrected chi connectivity index (χ3v) is 4.82. The summed E-state index contributed by atoms with van der Waals surface area (Å²) in [4.78, 5) is 0. The number of halogens is 1. The van der Waals surface area contributed by atoms with E-state index in [1.807, 2.05) is 0 Å². The summed E-state index contributed by atoms with van der Waals surface area (Å²) in [6.45, 7) is 2.52. The lowest BCUT2D eigenvalue weighted by molar-refractivity contribution is 0.199. The molecule has 0 atom stereocenters. The van der Waals surface area contributed by atoms with E-state index in [1.165, 1.54) is 0 Å². The van der Waals surface area contributed by atoms with Crippen LogP contribution < -0.4 is 5.32 Å². The number of thiophene rings is 1. The van der Waals surface area contributed by atoms with Crippen LogP contribution in [0.2, 0.25) is 0 Å². The highest BCUT2D eigenvalue weighted by molar-refractivity contribution is 9.11. The van der Waals surface area contributed by atoms with Gasteiger partial charge in [0.1, 0.15) is 10.0 Å². The standard InChI is InChI=1S/C11H14BrN3OS2/c1-16-5-4-13-3-2-10-14-15-11(18-10)8-6-9(12)17-7-8/h6-7,13H,2-5H2,1H3. The van der Waals surface area contributed by atoms with Gasteiger partial charge in [-0.15, -0.1) is 21.5 Å². The van der Waals surface area contributed by atoms with Gasteiger partial charge in [0, 0.05) is 37.6 Å². The molecule has 0 aliphatic rings. The summed E-state index contributed by atoms with van der Waals surface area (Å²) in [5, 5.41) is 15.9. The maximum absolute atomic E-state index is 4.97. The van der Waals surface area contributed by atoms with Crippen LogP contribution in [0.4, 0.5) is 0 Å². The van der Waals surface area contributed by atoms with E-state index in [9.17, 15) is 0 Å². The Morgan fingerprint density at radius 2 is 2.28 bits per heavy atom. The predicted molar refractivity (Wildman–Crippen MR) is 79.4 cm³/mol. The van der Waals surface area contributed by atoms with Gasteiger partial charge in [0.2, 0.25) is 0 Å². The van der Waals surface area contributed by atoms with Crippen molar-refractivity contribution in [2.45, 2.75) is 6.42 Å². The van der Waals surface area contributed by atoms with Crippen molar-refractivity contribution in [3.8, 4) is 10.6 Å². The van der Waals surface area contributed by atoms with Crippen LogP contribution in [0.15, 0.2) is 15.2 Å². The predicted octanol–water partition coefficient (Wildman–Crippen LogP) is 2.81. The van der Waals surface area contributed by atoms with Gasteiger partial charge in [-0.05, 0) is 22.0 Å². The van der Waals surface area contributed by atoms with E-state index in [4.69, 9.17) is 4.74 Å². The molecular formula is C11H14BrN3OS2. The number of rotatable bonds is 7. The van der Waals surface area contributed by atoms with Crippen molar-refractivity contribution in [3.05, 3.63) is 20.2 Å². The molecule has 7 heteroatoms. The van der Waals surface area contributed by atoms with Gasteiger partial charge in [0.05, 0.1) is 10.4 Å². The quantitative estimate of drug-likeness (QED) is 0.782. The fourth-order valence-electron chi connectivity index (χ4n) is 1.39. The molecule has 0 aliphatic carbocycles. The smallest absolute Gasteiger partial charge is 0.148 e. The van der Waals surface area contributed by atoms with Crippen molar-refractivity contribution in [2.75, 3.05) is 26.8 Å². The summed E-state index contributed by atoms with van der Waals surface area (Å²) in [7, 11) is 1.71. The molecule has 0 aromatic carbocycles. The second kappa shape index (κ2) is 7.30. The van der Waals surface area contributed by atoms with E-state index in [-0.39, 0.29) is 0 Å². The fraction of sp³-hybridized carbons (Fsp3) is 0.455. The van der Waals surface area contributed by atoms with Crippen LogP contribution in [0, 0.1) is 0 Å². The average molecular weight is 348 g/mol. The molecule has 2 aromatic rings. The molecule has 0 amide bonds. The minimum absolute atomic E-state index is 0.740. The molecular weight excluding hydrogens is 334 g/mol. The second-order valence-electron chi connectivity index (χ2n) is 3.63. The van der Waals surface area contributed by atoms with Crippen LogP contribution in [-0.2, 0) is 11.2 Å². The van der Waals surface area contributed by atoms with Gasteiger partial charge in [0.25, 0.3) is 0 Å². The van der Waals surface area contributed by atoms with Gasteiger partial charge >= 0.3 is 0 Å². The van der Waals surface area contributed by atoms with E-state index in [1.54, 1.807) is 29.8 Å². The number of aromatic nitrogens is 2. The monoisotopic (exact) mass is 347 g/mol. The van der Waals surface area contributed by atoms with Gasteiger partial charge in [-0.2, -0.15) is 0 Å². The zero-order chi connectivity index (χ0) is 12.8. The molecule has 98 valence electrons. The number of ether oxygens (including phenoxy) is 1. The normalized spacial score (nSPS) is 11.0. The lowest BCUT2D eigenvalue weighted by atomic mass is 10.4. The molecule has 2 aromatic heterocycles. The molecule has 0 fully saturated rings. The number of hydrogen-bond donors (Lipinski definition) is 1. The first-order valence-electron chi connectivity index (χ1n) is 5.56. The average Bonchev–Trinajstić information content (AvgIpc) is 2.97. The van der Waals surface area contributed by atoms with Gasteiger partial charge in [-0.1, -0.05) is 11.3 Å². The van der Waals surface area contributed by atoms with Crippen LogP contribution in [-0.4, -0.2) is 37.0 Å². The summed E-state index contributed by atoms with van der Waals surface area (Å²) in [6, 6.07) is 2.08. The Morgan fingerprint density at radius 3 is 3.00 bits per heavy atom. The van der Waals surface area contributed by atoms with E-state index in [0.717, 1.165) is 45.5 Å². The Bertz CT molecular complexity index is 486. The number of hydrogen-bond acceptors (Lipinski definition) is 6. The van der Waals surface area contributed by atoms with Crippen LogP contribution >= 0.6 is 38.6 Å². The van der Waals surface area contributed by atoms with E-state index < -0.39 is 0 Å². The van der Waals surface area contributed by atoms with Crippen molar-refractivity contribution in [1.82, 2.24) is 15.5 Å². The molecule has 2 heterocycles. The molecule has 2 rings (SSSR count). The number of nitrogens with zero attached hydrogens (tertiary/aromatic N) is 2. The Balaban J connectivity index is 1.83. The van der Waals surface area contributed by atoms with E-state index >= 15 is 0 Å². The van der Waals surface area contributed by atoms with Crippen molar-refractivity contribution >= 4 is 38.6 Å². The summed E-state index contributed by atoms with van der Waals surface area (Å²) >= 11 is 6.78. The first-order chi connectivity index (χ1) is 8.79. The molecule has 4 nitrogen and oxygen atoms in total. The van der Waals surface area contributed by atoms with Crippen LogP contribution in [0.25, 0.3) is 10.6 Å². The van der Waals surface area contributed by atoms with Crippen LogP contribution in [0.1, 0.15) is 5.01 Å². The molecule has 0 saturated heterocycles. The third-order valence-electron chi connectivity index (χ3n) is 2.28. The Labute approximate surface area is 123 Å². The lowest BCUT2D eigenvalue weighted by Gasteiger charge is -2.00. The molecule has 0 radical (unpaired) electrons. The molecule has 0 saturated carbocycles. The van der Waals surface area contributed by atoms with Gasteiger partial charge < -0.3 is 10.1 Å². The van der Waals surface area contributed by atoms with Gasteiger partial charge in [0.15, 0.2) is 0 Å². The molecule has 1 N–H and O–H groups in total. The highest BCUT2D eigenvalue weighted by Crippen LogP contribution is 2.30. The van der Waals surface area contributed by atoms with Gasteiger partial charge in [-0.25, -0.2) is 0 Å². The third kappa shape index (κ3) is 4.10. The van der Waals surface area contributed by atoms with Crippen LogP contribution in [0.5, 0.6) is 0 Å². The molecule has 0 bridgehead atoms. The number of nitrogens with one attached hydrogen (secondary N) is 1. The minimum atomic E-state index is 0.740. The van der Waals surface area contributed by atoms with Crippen molar-refractivity contribution in [3.63, 3.8) is 0 Å². The zero-order valence-corrected chi connectivity index (χ0v) is 13.2. The van der Waals surface area contributed by atoms with E-state index in [0.29, 0.717) is 0 Å². The molecule has 0 unspecified atom stereocenters. The molecule has 0 aliphatic heterocycles. The second-order valence-corrected chi connectivity index (χ2v) is 6.99. The summed E-state index contributed by atoms with van der Waals surface area (Å²) in [5.41, 5.74) is 1.14. The highest BCUT2D eigenvalue weighted by atomic mass is 79.9. The van der Waals surface area contributed by atoms with Crippen LogP contribution in [0.3, 0.4) is 0 Å². The van der Waals surface area contributed by atoms with Crippen molar-refractivity contribution in [2.24, 2.45) is 0 Å². The fourth-order valence-corrected chi connectivity index (χ4v) is 3.43. The Kier molecular flexibility index (Phi) is 5.71. The zero-order valence-electron chi connectivity index (χ0n) is 9.98. The summed E-state index contributed by atoms with van der Waals surface area (Å²) in [6.07, 6.45) is 0.909. The summed E-state index contributed by atoms with van der Waals surface area (Å²) < 4.78 is 6.09. The summed E-state index contributed by atoms with van der Waals surface area (Å²) in [5.74, 6) is 0. The van der Waals surface area contributed by atoms with Crippen molar-refractivity contribution < 1.29 is 4.74 Å². The van der Waals surface area contributed by atoms with E-state index in [2.05, 4.69) is 42.9 Å². The Hall–Kier alpha value is -0.340. The first-order valence-corrected chi connectivity index (χ1v) is 8.05. The lowest BCUT2D eigenvalue weighted by Crippen LogP contribution is -2.21. The molecule has 18 heavy (non-hydrogen) atoms. The SMILES string of the molecule is COCCNCCc1nnc(-c2csc(Br)c2)s1.